The number of hydrogen-bond donors (Lipinski definition) is 1. The van der Waals surface area contributed by atoms with Crippen molar-refractivity contribution >= 4 is 0 Å². The maximum atomic E-state index is 4.52. The number of pyridine rings is 1. The summed E-state index contributed by atoms with van der Waals surface area (Å²) in [7, 11) is 0. The number of hydrogen-bond acceptors (Lipinski definition) is 3. The van der Waals surface area contributed by atoms with E-state index in [1.165, 1.54) is 17.7 Å². The number of piperazine rings is 1. The fourth-order valence-corrected chi connectivity index (χ4v) is 2.72. The zero-order valence-corrected chi connectivity index (χ0v) is 10.9. The second kappa shape index (κ2) is 6.12. The summed E-state index contributed by atoms with van der Waals surface area (Å²) in [4.78, 5) is 7.11. The minimum absolute atomic E-state index is 0.542. The lowest BCUT2D eigenvalue weighted by Gasteiger charge is -2.35. The van der Waals surface area contributed by atoms with E-state index in [0.717, 1.165) is 32.6 Å². The van der Waals surface area contributed by atoms with Crippen LogP contribution in [-0.2, 0) is 6.42 Å². The Morgan fingerprint density at radius 2 is 2.12 bits per heavy atom. The van der Waals surface area contributed by atoms with E-state index >= 15 is 0 Å². The third kappa shape index (κ3) is 2.85. The van der Waals surface area contributed by atoms with Crippen molar-refractivity contribution in [3.05, 3.63) is 29.6 Å². The average Bonchev–Trinajstić information content (AvgIpc) is 2.41. The van der Waals surface area contributed by atoms with Crippen LogP contribution >= 0.6 is 0 Å². The van der Waals surface area contributed by atoms with Crippen LogP contribution in [0.4, 0.5) is 0 Å². The van der Waals surface area contributed by atoms with E-state index in [0.29, 0.717) is 6.04 Å². The van der Waals surface area contributed by atoms with Gasteiger partial charge in [0.1, 0.15) is 0 Å². The number of rotatable bonds is 4. The molecule has 0 aromatic carbocycles. The SMILES string of the molecule is CCc1ncccc1C(CC)N1CCNCC1. The van der Waals surface area contributed by atoms with Crippen molar-refractivity contribution in [2.75, 3.05) is 26.2 Å². The summed E-state index contributed by atoms with van der Waals surface area (Å²) in [6, 6.07) is 4.86. The van der Waals surface area contributed by atoms with Crippen molar-refractivity contribution in [1.82, 2.24) is 15.2 Å². The zero-order valence-electron chi connectivity index (χ0n) is 10.9. The van der Waals surface area contributed by atoms with Gasteiger partial charge < -0.3 is 5.32 Å². The summed E-state index contributed by atoms with van der Waals surface area (Å²) in [6.45, 7) is 8.99. The van der Waals surface area contributed by atoms with Gasteiger partial charge in [0, 0.05) is 44.1 Å². The van der Waals surface area contributed by atoms with Crippen LogP contribution in [0.3, 0.4) is 0 Å². The number of nitrogens with zero attached hydrogens (tertiary/aromatic N) is 2. The van der Waals surface area contributed by atoms with Crippen molar-refractivity contribution < 1.29 is 0 Å². The third-order valence-corrected chi connectivity index (χ3v) is 3.60. The summed E-state index contributed by atoms with van der Waals surface area (Å²) in [5, 5.41) is 3.42. The molecule has 1 aromatic rings. The maximum Gasteiger partial charge on any atom is 0.0448 e. The van der Waals surface area contributed by atoms with Crippen LogP contribution in [-0.4, -0.2) is 36.1 Å². The van der Waals surface area contributed by atoms with Crippen LogP contribution in [0.5, 0.6) is 0 Å². The van der Waals surface area contributed by atoms with E-state index in [1.54, 1.807) is 0 Å². The minimum atomic E-state index is 0.542. The predicted octanol–water partition coefficient (Wildman–Crippen LogP) is 2.00. The Hall–Kier alpha value is -0.930. The smallest absolute Gasteiger partial charge is 0.0448 e. The van der Waals surface area contributed by atoms with E-state index in [9.17, 15) is 0 Å². The Morgan fingerprint density at radius 1 is 1.35 bits per heavy atom. The summed E-state index contributed by atoms with van der Waals surface area (Å²) in [5.74, 6) is 0. The van der Waals surface area contributed by atoms with Crippen molar-refractivity contribution in [2.45, 2.75) is 32.7 Å². The topological polar surface area (TPSA) is 28.2 Å². The molecule has 1 atom stereocenters. The first-order valence-electron chi connectivity index (χ1n) is 6.75. The first kappa shape index (κ1) is 12.5. The Labute approximate surface area is 104 Å². The molecule has 0 radical (unpaired) electrons. The Balaban J connectivity index is 2.21. The number of aromatic nitrogens is 1. The highest BCUT2D eigenvalue weighted by Crippen LogP contribution is 2.26. The van der Waals surface area contributed by atoms with Crippen LogP contribution < -0.4 is 5.32 Å². The third-order valence-electron chi connectivity index (χ3n) is 3.60. The van der Waals surface area contributed by atoms with Gasteiger partial charge in [0.05, 0.1) is 0 Å². The Bertz CT molecular complexity index is 345. The predicted molar refractivity (Wildman–Crippen MR) is 71.1 cm³/mol. The molecule has 0 saturated carbocycles. The molecule has 3 heteroatoms. The highest BCUT2D eigenvalue weighted by molar-refractivity contribution is 5.24. The van der Waals surface area contributed by atoms with E-state index in [4.69, 9.17) is 0 Å². The van der Waals surface area contributed by atoms with E-state index < -0.39 is 0 Å². The molecule has 0 amide bonds. The van der Waals surface area contributed by atoms with Gasteiger partial charge in [0.25, 0.3) is 0 Å². The van der Waals surface area contributed by atoms with Crippen LogP contribution in [0.1, 0.15) is 37.6 Å². The number of nitrogens with one attached hydrogen (secondary N) is 1. The summed E-state index contributed by atoms with van der Waals surface area (Å²) in [5.41, 5.74) is 2.69. The highest BCUT2D eigenvalue weighted by Gasteiger charge is 2.22. The normalized spacial score (nSPS) is 19.2. The minimum Gasteiger partial charge on any atom is -0.314 e. The largest absolute Gasteiger partial charge is 0.314 e. The lowest BCUT2D eigenvalue weighted by atomic mass is 9.99. The van der Waals surface area contributed by atoms with Crippen LogP contribution in [0.15, 0.2) is 18.3 Å². The first-order chi connectivity index (χ1) is 8.36. The molecule has 1 aliphatic heterocycles. The van der Waals surface area contributed by atoms with Gasteiger partial charge in [-0.2, -0.15) is 0 Å². The van der Waals surface area contributed by atoms with Crippen LogP contribution in [0, 0.1) is 0 Å². The first-order valence-corrected chi connectivity index (χ1v) is 6.75. The summed E-state index contributed by atoms with van der Waals surface area (Å²) >= 11 is 0. The zero-order chi connectivity index (χ0) is 12.1. The fourth-order valence-electron chi connectivity index (χ4n) is 2.72. The molecule has 0 aliphatic carbocycles. The quantitative estimate of drug-likeness (QED) is 0.862. The van der Waals surface area contributed by atoms with Gasteiger partial charge in [-0.25, -0.2) is 0 Å². The molecule has 3 nitrogen and oxygen atoms in total. The molecule has 1 N–H and O–H groups in total. The van der Waals surface area contributed by atoms with Crippen molar-refractivity contribution in [3.63, 3.8) is 0 Å². The molecule has 0 bridgehead atoms. The van der Waals surface area contributed by atoms with Gasteiger partial charge in [-0.3, -0.25) is 9.88 Å². The van der Waals surface area contributed by atoms with Crippen LogP contribution in [0.2, 0.25) is 0 Å². The molecule has 1 saturated heterocycles. The average molecular weight is 233 g/mol. The van der Waals surface area contributed by atoms with Gasteiger partial charge in [0.2, 0.25) is 0 Å². The fraction of sp³-hybridized carbons (Fsp3) is 0.643. The molecule has 1 aromatic heterocycles. The van der Waals surface area contributed by atoms with Crippen molar-refractivity contribution in [1.29, 1.82) is 0 Å². The van der Waals surface area contributed by atoms with Gasteiger partial charge in [-0.15, -0.1) is 0 Å². The summed E-state index contributed by atoms with van der Waals surface area (Å²) in [6.07, 6.45) is 4.10. The van der Waals surface area contributed by atoms with Gasteiger partial charge in [0.15, 0.2) is 0 Å². The molecule has 94 valence electrons. The Morgan fingerprint density at radius 3 is 2.76 bits per heavy atom. The molecular formula is C14H23N3. The Kier molecular flexibility index (Phi) is 4.51. The molecule has 1 unspecified atom stereocenters. The molecule has 2 rings (SSSR count). The van der Waals surface area contributed by atoms with Gasteiger partial charge in [-0.1, -0.05) is 19.9 Å². The molecule has 2 heterocycles. The van der Waals surface area contributed by atoms with Crippen molar-refractivity contribution in [2.24, 2.45) is 0 Å². The maximum absolute atomic E-state index is 4.52. The van der Waals surface area contributed by atoms with E-state index in [2.05, 4.69) is 41.2 Å². The molecular weight excluding hydrogens is 210 g/mol. The van der Waals surface area contributed by atoms with Crippen LogP contribution in [0.25, 0.3) is 0 Å². The van der Waals surface area contributed by atoms with Gasteiger partial charge >= 0.3 is 0 Å². The van der Waals surface area contributed by atoms with E-state index in [-0.39, 0.29) is 0 Å². The summed E-state index contributed by atoms with van der Waals surface area (Å²) < 4.78 is 0. The molecule has 17 heavy (non-hydrogen) atoms. The molecule has 1 aliphatic rings. The second-order valence-corrected chi connectivity index (χ2v) is 4.60. The lowest BCUT2D eigenvalue weighted by Crippen LogP contribution is -2.45. The monoisotopic (exact) mass is 233 g/mol. The molecule has 1 fully saturated rings. The number of aryl methyl sites for hydroxylation is 1. The standard InChI is InChI=1S/C14H23N3/c1-3-13-12(6-5-7-16-13)14(4-2)17-10-8-15-9-11-17/h5-7,14-15H,3-4,8-11H2,1-2H3. The van der Waals surface area contributed by atoms with E-state index in [1.807, 2.05) is 6.20 Å². The van der Waals surface area contributed by atoms with Crippen molar-refractivity contribution in [3.8, 4) is 0 Å². The van der Waals surface area contributed by atoms with Gasteiger partial charge in [-0.05, 0) is 24.5 Å². The second-order valence-electron chi connectivity index (χ2n) is 4.60. The highest BCUT2D eigenvalue weighted by atomic mass is 15.2. The lowest BCUT2D eigenvalue weighted by molar-refractivity contribution is 0.168. The molecule has 0 spiro atoms.